The van der Waals surface area contributed by atoms with Crippen LogP contribution in [0.1, 0.15) is 15.9 Å². The first kappa shape index (κ1) is 16.3. The Morgan fingerprint density at radius 2 is 1.62 bits per heavy atom. The zero-order valence-corrected chi connectivity index (χ0v) is 12.9. The zero-order valence-electron chi connectivity index (χ0n) is 12.0. The Bertz CT molecular complexity index is 893. The van der Waals surface area contributed by atoms with Crippen LogP contribution in [-0.2, 0) is 16.6 Å². The monoisotopic (exact) mass is 356 g/mol. The van der Waals surface area contributed by atoms with Crippen LogP contribution in [0.15, 0.2) is 48.5 Å². The van der Waals surface area contributed by atoms with E-state index in [4.69, 9.17) is 0 Å². The first-order chi connectivity index (χ1) is 11.2. The Hall–Kier alpha value is -2.55. The van der Waals surface area contributed by atoms with E-state index in [1.165, 1.54) is 33.9 Å². The quantitative estimate of drug-likeness (QED) is 0.915. The molecular formula is C15H11F3N2O3S. The molecule has 0 saturated heterocycles. The fourth-order valence-corrected chi connectivity index (χ4v) is 2.88. The Morgan fingerprint density at radius 1 is 1.00 bits per heavy atom. The zero-order chi connectivity index (χ0) is 17.5. The predicted molar refractivity (Wildman–Crippen MR) is 82.0 cm³/mol. The molecule has 0 saturated carbocycles. The van der Waals surface area contributed by atoms with Gasteiger partial charge in [0.15, 0.2) is 0 Å². The summed E-state index contributed by atoms with van der Waals surface area (Å²) in [6.45, 7) is 0.252. The number of amides is 1. The maximum Gasteiger partial charge on any atom is 0.516 e. The van der Waals surface area contributed by atoms with Gasteiger partial charge in [0.1, 0.15) is 0 Å². The van der Waals surface area contributed by atoms with Crippen molar-refractivity contribution >= 4 is 27.3 Å². The number of anilines is 2. The maximum absolute atomic E-state index is 12.3. The van der Waals surface area contributed by atoms with Crippen LogP contribution in [0.2, 0.25) is 0 Å². The second-order valence-corrected chi connectivity index (χ2v) is 6.83. The van der Waals surface area contributed by atoms with E-state index in [0.717, 1.165) is 5.69 Å². The van der Waals surface area contributed by atoms with Gasteiger partial charge in [0, 0.05) is 5.69 Å². The van der Waals surface area contributed by atoms with Crippen molar-refractivity contribution in [3.05, 3.63) is 59.7 Å². The number of para-hydroxylation sites is 1. The molecule has 126 valence electrons. The fraction of sp³-hybridized carbons (Fsp3) is 0.133. The number of hydrogen-bond donors (Lipinski definition) is 1. The summed E-state index contributed by atoms with van der Waals surface area (Å²) in [6.07, 6.45) is 0. The van der Waals surface area contributed by atoms with E-state index in [-0.39, 0.29) is 18.1 Å². The van der Waals surface area contributed by atoms with Gasteiger partial charge < -0.3 is 4.90 Å². The van der Waals surface area contributed by atoms with Crippen molar-refractivity contribution in [2.24, 2.45) is 0 Å². The molecule has 1 N–H and O–H groups in total. The number of carbonyl (C=O) groups is 1. The van der Waals surface area contributed by atoms with Gasteiger partial charge in [-0.05, 0) is 29.8 Å². The van der Waals surface area contributed by atoms with Gasteiger partial charge >= 0.3 is 15.5 Å². The van der Waals surface area contributed by atoms with E-state index in [9.17, 15) is 26.4 Å². The number of carbonyl (C=O) groups excluding carboxylic acids is 1. The molecule has 1 amide bonds. The molecule has 1 aliphatic rings. The molecule has 5 nitrogen and oxygen atoms in total. The predicted octanol–water partition coefficient (Wildman–Crippen LogP) is 3.11. The highest BCUT2D eigenvalue weighted by Gasteiger charge is 2.46. The fourth-order valence-electron chi connectivity index (χ4n) is 2.32. The molecule has 24 heavy (non-hydrogen) atoms. The number of alkyl halides is 3. The normalized spacial score (nSPS) is 14.1. The van der Waals surface area contributed by atoms with Crippen LogP contribution in [0.25, 0.3) is 0 Å². The molecule has 1 heterocycles. The summed E-state index contributed by atoms with van der Waals surface area (Å²) >= 11 is 0. The Morgan fingerprint density at radius 3 is 2.25 bits per heavy atom. The van der Waals surface area contributed by atoms with Crippen molar-refractivity contribution in [3.8, 4) is 0 Å². The van der Waals surface area contributed by atoms with Gasteiger partial charge in [-0.1, -0.05) is 24.3 Å². The maximum atomic E-state index is 12.3. The third kappa shape index (κ3) is 2.82. The van der Waals surface area contributed by atoms with Crippen LogP contribution in [-0.4, -0.2) is 19.8 Å². The van der Waals surface area contributed by atoms with Crippen molar-refractivity contribution in [1.29, 1.82) is 0 Å². The van der Waals surface area contributed by atoms with Crippen molar-refractivity contribution in [2.45, 2.75) is 12.1 Å². The summed E-state index contributed by atoms with van der Waals surface area (Å²) in [7, 11) is -5.44. The molecule has 0 bridgehead atoms. The lowest BCUT2D eigenvalue weighted by Gasteiger charge is -2.33. The van der Waals surface area contributed by atoms with E-state index in [1.54, 1.807) is 24.3 Å². The molecule has 1 aliphatic heterocycles. The Balaban J connectivity index is 1.72. The molecular weight excluding hydrogens is 345 g/mol. The summed E-state index contributed by atoms with van der Waals surface area (Å²) in [5, 5.41) is 0. The number of nitrogens with zero attached hydrogens (tertiary/aromatic N) is 1. The average Bonchev–Trinajstić information content (AvgIpc) is 2.52. The lowest BCUT2D eigenvalue weighted by molar-refractivity contribution is -0.0429. The molecule has 2 aromatic carbocycles. The van der Waals surface area contributed by atoms with Crippen molar-refractivity contribution in [1.82, 2.24) is 0 Å². The highest BCUT2D eigenvalue weighted by Crippen LogP contribution is 2.33. The minimum Gasteiger partial charge on any atom is -0.303 e. The minimum atomic E-state index is -5.44. The SMILES string of the molecule is O=C1c2ccccc2N1Cc1ccc(NS(=O)(=O)C(F)(F)F)cc1. The number of sulfonamides is 1. The molecule has 0 aromatic heterocycles. The lowest BCUT2D eigenvalue weighted by Crippen LogP contribution is -2.40. The van der Waals surface area contributed by atoms with Crippen molar-refractivity contribution < 1.29 is 26.4 Å². The number of benzene rings is 2. The Kier molecular flexibility index (Phi) is 3.75. The van der Waals surface area contributed by atoms with Crippen LogP contribution in [0.4, 0.5) is 24.5 Å². The summed E-state index contributed by atoms with van der Waals surface area (Å²) < 4.78 is 60.5. The van der Waals surface area contributed by atoms with Crippen molar-refractivity contribution in [2.75, 3.05) is 9.62 Å². The third-order valence-electron chi connectivity index (χ3n) is 3.52. The van der Waals surface area contributed by atoms with Gasteiger partial charge in [-0.25, -0.2) is 0 Å². The highest BCUT2D eigenvalue weighted by atomic mass is 32.2. The van der Waals surface area contributed by atoms with Gasteiger partial charge in [-0.2, -0.15) is 21.6 Å². The van der Waals surface area contributed by atoms with Gasteiger partial charge in [-0.15, -0.1) is 0 Å². The molecule has 9 heteroatoms. The summed E-state index contributed by atoms with van der Waals surface area (Å²) in [5.41, 5.74) is -3.52. The van der Waals surface area contributed by atoms with Crippen LogP contribution in [0.3, 0.4) is 0 Å². The van der Waals surface area contributed by atoms with Gasteiger partial charge in [0.2, 0.25) is 0 Å². The molecule has 0 radical (unpaired) electrons. The van der Waals surface area contributed by atoms with E-state index in [2.05, 4.69) is 0 Å². The summed E-state index contributed by atoms with van der Waals surface area (Å²) in [4.78, 5) is 13.5. The minimum absolute atomic E-state index is 0.132. The van der Waals surface area contributed by atoms with Crippen LogP contribution in [0, 0.1) is 0 Å². The summed E-state index contributed by atoms with van der Waals surface area (Å²) in [6, 6.07) is 12.4. The molecule has 0 spiro atoms. The van der Waals surface area contributed by atoms with Gasteiger partial charge in [0.05, 0.1) is 17.8 Å². The molecule has 3 rings (SSSR count). The number of nitrogens with one attached hydrogen (secondary N) is 1. The molecule has 0 atom stereocenters. The van der Waals surface area contributed by atoms with Gasteiger partial charge in [0.25, 0.3) is 5.91 Å². The van der Waals surface area contributed by atoms with Crippen LogP contribution in [0.5, 0.6) is 0 Å². The van der Waals surface area contributed by atoms with E-state index >= 15 is 0 Å². The van der Waals surface area contributed by atoms with Crippen LogP contribution >= 0.6 is 0 Å². The molecule has 0 aliphatic carbocycles. The number of rotatable bonds is 4. The first-order valence-corrected chi connectivity index (χ1v) is 8.26. The second kappa shape index (κ2) is 5.52. The van der Waals surface area contributed by atoms with E-state index in [0.29, 0.717) is 11.1 Å². The van der Waals surface area contributed by atoms with E-state index in [1.807, 2.05) is 0 Å². The van der Waals surface area contributed by atoms with Gasteiger partial charge in [-0.3, -0.25) is 9.52 Å². The van der Waals surface area contributed by atoms with E-state index < -0.39 is 15.5 Å². The number of hydrogen-bond acceptors (Lipinski definition) is 3. The number of fused-ring (bicyclic) bond motifs is 1. The average molecular weight is 356 g/mol. The number of halogens is 3. The smallest absolute Gasteiger partial charge is 0.303 e. The molecule has 2 aromatic rings. The second-order valence-electron chi connectivity index (χ2n) is 5.16. The highest BCUT2D eigenvalue weighted by molar-refractivity contribution is 7.93. The standard InChI is InChI=1S/C15H11F3N2O3S/c16-15(17,18)24(22,23)19-11-7-5-10(6-8-11)9-20-13-4-2-1-3-12(13)14(20)21/h1-8,19H,9H2. The summed E-state index contributed by atoms with van der Waals surface area (Å²) in [5.74, 6) is -0.132. The Labute approximate surface area is 135 Å². The van der Waals surface area contributed by atoms with Crippen LogP contribution < -0.4 is 9.62 Å². The molecule has 0 unspecified atom stereocenters. The topological polar surface area (TPSA) is 66.5 Å². The lowest BCUT2D eigenvalue weighted by atomic mass is 10.0. The largest absolute Gasteiger partial charge is 0.516 e. The van der Waals surface area contributed by atoms with Crippen molar-refractivity contribution in [3.63, 3.8) is 0 Å². The third-order valence-corrected chi connectivity index (χ3v) is 4.64. The first-order valence-electron chi connectivity index (χ1n) is 6.78. The molecule has 0 fully saturated rings.